The summed E-state index contributed by atoms with van der Waals surface area (Å²) in [5.74, 6) is 2.00. The molecular formula is C52H52N2. The Morgan fingerprint density at radius 3 is 2.37 bits per heavy atom. The number of fused-ring (bicyclic) bond motifs is 6. The second-order valence-corrected chi connectivity index (χ2v) is 16.4. The van der Waals surface area contributed by atoms with E-state index in [0.717, 1.165) is 25.0 Å². The number of rotatable bonds is 8. The fourth-order valence-corrected chi connectivity index (χ4v) is 10.5. The molecule has 4 aliphatic carbocycles. The van der Waals surface area contributed by atoms with Crippen molar-refractivity contribution in [3.63, 3.8) is 0 Å². The molecule has 0 aromatic heterocycles. The number of hydrogen-bond acceptors (Lipinski definition) is 2. The smallest absolute Gasteiger partial charge is 0.0629 e. The predicted octanol–water partition coefficient (Wildman–Crippen LogP) is 13.2. The number of benzene rings is 4. The Morgan fingerprint density at radius 2 is 1.57 bits per heavy atom. The molecule has 9 rings (SSSR count). The van der Waals surface area contributed by atoms with Gasteiger partial charge in [-0.15, -0.1) is 0 Å². The van der Waals surface area contributed by atoms with Crippen molar-refractivity contribution in [2.75, 3.05) is 9.80 Å². The van der Waals surface area contributed by atoms with E-state index in [1.165, 1.54) is 45.7 Å². The molecule has 4 aromatic carbocycles. The van der Waals surface area contributed by atoms with Gasteiger partial charge in [0.15, 0.2) is 0 Å². The maximum atomic E-state index is 4.80. The molecule has 1 heterocycles. The molecule has 2 nitrogen and oxygen atoms in total. The lowest BCUT2D eigenvalue weighted by Gasteiger charge is -2.44. The van der Waals surface area contributed by atoms with Crippen LogP contribution >= 0.6 is 0 Å². The van der Waals surface area contributed by atoms with Gasteiger partial charge < -0.3 is 9.80 Å². The van der Waals surface area contributed by atoms with Crippen LogP contribution in [0.15, 0.2) is 176 Å². The first-order valence-electron chi connectivity index (χ1n) is 20.1. The Bertz CT molecular complexity index is 2230. The average Bonchev–Trinajstić information content (AvgIpc) is 3.67. The molecule has 0 amide bonds. The molecule has 270 valence electrons. The van der Waals surface area contributed by atoms with Crippen molar-refractivity contribution in [1.29, 1.82) is 0 Å². The lowest BCUT2D eigenvalue weighted by molar-refractivity contribution is 0.212. The van der Waals surface area contributed by atoms with Crippen LogP contribution in [0, 0.1) is 5.92 Å². The molecule has 1 fully saturated rings. The van der Waals surface area contributed by atoms with Gasteiger partial charge in [-0.2, -0.15) is 0 Å². The van der Waals surface area contributed by atoms with E-state index in [2.05, 4.69) is 194 Å². The Morgan fingerprint density at radius 1 is 0.796 bits per heavy atom. The highest BCUT2D eigenvalue weighted by Crippen LogP contribution is 2.57. The largest absolute Gasteiger partial charge is 0.339 e. The van der Waals surface area contributed by atoms with E-state index in [9.17, 15) is 0 Å². The maximum Gasteiger partial charge on any atom is 0.0629 e. The van der Waals surface area contributed by atoms with Crippen molar-refractivity contribution in [1.82, 2.24) is 0 Å². The summed E-state index contributed by atoms with van der Waals surface area (Å²) in [5.41, 5.74) is 13.3. The van der Waals surface area contributed by atoms with E-state index in [1.54, 1.807) is 11.1 Å². The Labute approximate surface area is 322 Å². The topological polar surface area (TPSA) is 6.48 Å². The molecule has 54 heavy (non-hydrogen) atoms. The lowest BCUT2D eigenvalue weighted by Crippen LogP contribution is -2.42. The Hall–Kier alpha value is -5.34. The minimum Gasteiger partial charge on any atom is -0.339 e. The van der Waals surface area contributed by atoms with E-state index in [4.69, 9.17) is 6.58 Å². The van der Waals surface area contributed by atoms with Crippen LogP contribution in [-0.4, -0.2) is 12.1 Å². The first-order valence-corrected chi connectivity index (χ1v) is 20.1. The highest BCUT2D eigenvalue weighted by molar-refractivity contribution is 5.81. The fourth-order valence-electron chi connectivity index (χ4n) is 10.5. The SMILES string of the molecule is C=C(/C=C\C(=C/C)c1ccc2c(c1)C1C=CC=CC1N2c1ccccc1)N(c1ccc(C2C=CC=CC2)cc1)C1CCC2c3ccccc3C(C)(C)C2C1. The van der Waals surface area contributed by atoms with Crippen molar-refractivity contribution in [3.05, 3.63) is 204 Å². The molecule has 0 bridgehead atoms. The number of nitrogens with zero attached hydrogens (tertiary/aromatic N) is 2. The van der Waals surface area contributed by atoms with Crippen LogP contribution in [0.4, 0.5) is 17.1 Å². The van der Waals surface area contributed by atoms with Crippen LogP contribution in [0.25, 0.3) is 5.57 Å². The first kappa shape index (κ1) is 34.4. The molecule has 5 aliphatic rings. The Balaban J connectivity index is 1.02. The second kappa shape index (κ2) is 14.1. The van der Waals surface area contributed by atoms with Gasteiger partial charge in [-0.05, 0) is 126 Å². The molecule has 1 saturated carbocycles. The van der Waals surface area contributed by atoms with Gasteiger partial charge in [0.1, 0.15) is 0 Å². The number of allylic oxidation sites excluding steroid dienone is 10. The molecule has 6 atom stereocenters. The third kappa shape index (κ3) is 5.97. The standard InChI is InChI=1S/C52H52N2/c1-5-37(40-28-33-51-47(34-40)46-21-13-15-23-50(46)54(51)41-18-10-7-11-19-41)25-24-36(2)53(42-29-26-39(27-30-42)38-16-8-6-9-17-38)43-31-32-45-44-20-12-14-22-48(44)52(3,4)49(45)35-43/h5-16,18-30,33-34,38,43,45-46,49-50H,2,17,31-32,35H2,1,3-4H3/b25-24-,37-5+. The van der Waals surface area contributed by atoms with Gasteiger partial charge in [-0.1, -0.05) is 142 Å². The zero-order valence-corrected chi connectivity index (χ0v) is 32.0. The highest BCUT2D eigenvalue weighted by Gasteiger charge is 2.49. The third-order valence-corrected chi connectivity index (χ3v) is 13.2. The van der Waals surface area contributed by atoms with Crippen molar-refractivity contribution in [2.45, 2.75) is 81.7 Å². The second-order valence-electron chi connectivity index (χ2n) is 16.4. The first-order chi connectivity index (χ1) is 26.4. The molecule has 2 heteroatoms. The van der Waals surface area contributed by atoms with Gasteiger partial charge in [-0.25, -0.2) is 0 Å². The maximum absolute atomic E-state index is 4.80. The van der Waals surface area contributed by atoms with Gasteiger partial charge in [0.2, 0.25) is 0 Å². The summed E-state index contributed by atoms with van der Waals surface area (Å²) in [5, 5.41) is 0. The predicted molar refractivity (Wildman–Crippen MR) is 230 cm³/mol. The summed E-state index contributed by atoms with van der Waals surface area (Å²) in [6.07, 6.45) is 29.4. The molecule has 6 unspecified atom stereocenters. The van der Waals surface area contributed by atoms with Crippen LogP contribution in [0.3, 0.4) is 0 Å². The van der Waals surface area contributed by atoms with Crippen LogP contribution < -0.4 is 9.80 Å². The zero-order valence-electron chi connectivity index (χ0n) is 32.0. The van der Waals surface area contributed by atoms with E-state index in [0.29, 0.717) is 29.7 Å². The fraction of sp³-hybridized carbons (Fsp3) is 0.269. The van der Waals surface area contributed by atoms with Gasteiger partial charge in [0.05, 0.1) is 6.04 Å². The zero-order chi connectivity index (χ0) is 36.8. The quantitative estimate of drug-likeness (QED) is 0.169. The van der Waals surface area contributed by atoms with E-state index >= 15 is 0 Å². The molecule has 0 radical (unpaired) electrons. The van der Waals surface area contributed by atoms with Gasteiger partial charge >= 0.3 is 0 Å². The molecule has 0 N–H and O–H groups in total. The van der Waals surface area contributed by atoms with Gasteiger partial charge in [0.25, 0.3) is 0 Å². The summed E-state index contributed by atoms with van der Waals surface area (Å²) < 4.78 is 0. The van der Waals surface area contributed by atoms with E-state index < -0.39 is 0 Å². The number of hydrogen-bond donors (Lipinski definition) is 0. The minimum absolute atomic E-state index is 0.150. The van der Waals surface area contributed by atoms with E-state index in [1.807, 2.05) is 0 Å². The summed E-state index contributed by atoms with van der Waals surface area (Å²) in [6.45, 7) is 11.9. The lowest BCUT2D eigenvalue weighted by atomic mass is 9.68. The molecule has 0 saturated heterocycles. The summed E-state index contributed by atoms with van der Waals surface area (Å²) in [6, 6.07) is 37.2. The molecule has 4 aromatic rings. The molecular weight excluding hydrogens is 653 g/mol. The molecule has 0 spiro atoms. The van der Waals surface area contributed by atoms with Crippen LogP contribution in [0.5, 0.6) is 0 Å². The third-order valence-electron chi connectivity index (χ3n) is 13.2. The average molecular weight is 705 g/mol. The van der Waals surface area contributed by atoms with Crippen LogP contribution in [0.1, 0.15) is 92.0 Å². The van der Waals surface area contributed by atoms with Crippen molar-refractivity contribution in [2.24, 2.45) is 5.92 Å². The minimum atomic E-state index is 0.150. The van der Waals surface area contributed by atoms with Gasteiger partial charge in [0, 0.05) is 40.6 Å². The van der Waals surface area contributed by atoms with E-state index in [-0.39, 0.29) is 11.5 Å². The normalized spacial score (nSPS) is 26.1. The van der Waals surface area contributed by atoms with Gasteiger partial charge in [-0.3, -0.25) is 0 Å². The monoisotopic (exact) mass is 704 g/mol. The summed E-state index contributed by atoms with van der Waals surface area (Å²) in [7, 11) is 0. The number of para-hydroxylation sites is 1. The summed E-state index contributed by atoms with van der Waals surface area (Å²) in [4.78, 5) is 5.07. The van der Waals surface area contributed by atoms with Crippen LogP contribution in [0.2, 0.25) is 0 Å². The summed E-state index contributed by atoms with van der Waals surface area (Å²) >= 11 is 0. The van der Waals surface area contributed by atoms with Crippen molar-refractivity contribution < 1.29 is 0 Å². The molecule has 1 aliphatic heterocycles. The Kier molecular flexibility index (Phi) is 9.02. The van der Waals surface area contributed by atoms with Crippen LogP contribution in [-0.2, 0) is 5.41 Å². The highest BCUT2D eigenvalue weighted by atomic mass is 15.2. The van der Waals surface area contributed by atoms with Crippen molar-refractivity contribution in [3.8, 4) is 0 Å². The number of anilines is 3. The van der Waals surface area contributed by atoms with Crippen molar-refractivity contribution >= 4 is 22.6 Å².